The third-order valence-corrected chi connectivity index (χ3v) is 6.14. The zero-order valence-corrected chi connectivity index (χ0v) is 17.6. The van der Waals surface area contributed by atoms with Crippen molar-refractivity contribution in [2.45, 2.75) is 19.4 Å². The quantitative estimate of drug-likeness (QED) is 0.460. The normalized spacial score (nSPS) is 15.5. The maximum atomic E-state index is 13.5. The maximum absolute atomic E-state index is 13.5. The Balaban J connectivity index is 1.67. The van der Waals surface area contributed by atoms with E-state index >= 15 is 0 Å². The first kappa shape index (κ1) is 19.5. The molecular formula is C25H19ClN2O3. The van der Waals surface area contributed by atoms with E-state index in [0.717, 1.165) is 16.7 Å². The third kappa shape index (κ3) is 3.31. The summed E-state index contributed by atoms with van der Waals surface area (Å²) < 4.78 is 6.00. The average Bonchev–Trinajstić information content (AvgIpc) is 3.07. The molecule has 0 radical (unpaired) electrons. The highest BCUT2D eigenvalue weighted by atomic mass is 35.5. The van der Waals surface area contributed by atoms with Gasteiger partial charge in [-0.1, -0.05) is 48.0 Å². The van der Waals surface area contributed by atoms with Crippen molar-refractivity contribution in [1.82, 2.24) is 9.88 Å². The molecule has 2 aromatic heterocycles. The lowest BCUT2D eigenvalue weighted by atomic mass is 9.99. The second-order valence-corrected chi connectivity index (χ2v) is 8.10. The molecule has 0 fully saturated rings. The van der Waals surface area contributed by atoms with E-state index < -0.39 is 6.04 Å². The average molecular weight is 431 g/mol. The topological polar surface area (TPSA) is 63.4 Å². The van der Waals surface area contributed by atoms with Crippen molar-refractivity contribution in [3.63, 3.8) is 0 Å². The Bertz CT molecular complexity index is 1350. The summed E-state index contributed by atoms with van der Waals surface area (Å²) in [4.78, 5) is 32.8. The number of rotatable bonds is 4. The predicted octanol–water partition coefficient (Wildman–Crippen LogP) is 4.94. The fraction of sp³-hybridized carbons (Fsp3) is 0.160. The molecule has 1 atom stereocenters. The molecule has 5 nitrogen and oxygen atoms in total. The van der Waals surface area contributed by atoms with E-state index in [2.05, 4.69) is 4.98 Å². The highest BCUT2D eigenvalue weighted by molar-refractivity contribution is 6.32. The first-order valence-electron chi connectivity index (χ1n) is 10.1. The van der Waals surface area contributed by atoms with E-state index in [1.165, 1.54) is 0 Å². The fourth-order valence-electron chi connectivity index (χ4n) is 4.15. The van der Waals surface area contributed by atoms with Gasteiger partial charge in [0.05, 0.1) is 17.0 Å². The first-order valence-corrected chi connectivity index (χ1v) is 10.4. The van der Waals surface area contributed by atoms with Crippen molar-refractivity contribution in [3.8, 4) is 0 Å². The molecule has 2 aromatic carbocycles. The van der Waals surface area contributed by atoms with Gasteiger partial charge in [0.25, 0.3) is 5.91 Å². The second-order valence-electron chi connectivity index (χ2n) is 7.69. The summed E-state index contributed by atoms with van der Waals surface area (Å²) in [5.74, 6) is -0.187. The lowest BCUT2D eigenvalue weighted by molar-refractivity contribution is 0.0730. The van der Waals surface area contributed by atoms with Crippen LogP contribution < -0.4 is 5.43 Å². The van der Waals surface area contributed by atoms with Crippen molar-refractivity contribution in [2.75, 3.05) is 6.54 Å². The zero-order chi connectivity index (χ0) is 21.5. The Morgan fingerprint density at radius 1 is 1.10 bits per heavy atom. The summed E-state index contributed by atoms with van der Waals surface area (Å²) in [7, 11) is 0. The molecule has 1 aliphatic heterocycles. The molecule has 31 heavy (non-hydrogen) atoms. The summed E-state index contributed by atoms with van der Waals surface area (Å²) in [6.45, 7) is 2.28. The Hall–Kier alpha value is -3.44. The molecule has 4 aromatic rings. The molecule has 6 heteroatoms. The lowest BCUT2D eigenvalue weighted by Gasteiger charge is -2.24. The number of benzene rings is 2. The smallest absolute Gasteiger partial charge is 0.290 e. The van der Waals surface area contributed by atoms with Gasteiger partial charge in [0.2, 0.25) is 5.76 Å². The van der Waals surface area contributed by atoms with Crippen LogP contribution in [-0.4, -0.2) is 22.3 Å². The number of carbonyl (C=O) groups is 1. The zero-order valence-electron chi connectivity index (χ0n) is 16.8. The van der Waals surface area contributed by atoms with Crippen LogP contribution in [0.2, 0.25) is 5.02 Å². The van der Waals surface area contributed by atoms with Crippen LogP contribution in [0, 0.1) is 6.92 Å². The monoisotopic (exact) mass is 430 g/mol. The summed E-state index contributed by atoms with van der Waals surface area (Å²) in [6, 6.07) is 16.4. The standard InChI is InChI=1S/C25H19ClN2O3/c1-15-12-20-18(13-19(15)26)23(29)21-22(17-8-5-10-27-14-17)28(25(30)24(21)31-20)11-9-16-6-3-2-4-7-16/h2-8,10,12-14,22H,9,11H2,1H3. The van der Waals surface area contributed by atoms with E-state index in [-0.39, 0.29) is 17.1 Å². The summed E-state index contributed by atoms with van der Waals surface area (Å²) in [5.41, 5.74) is 3.15. The maximum Gasteiger partial charge on any atom is 0.290 e. The molecule has 0 N–H and O–H groups in total. The number of pyridine rings is 1. The fourth-order valence-corrected chi connectivity index (χ4v) is 4.31. The largest absolute Gasteiger partial charge is 0.450 e. The Morgan fingerprint density at radius 2 is 1.90 bits per heavy atom. The number of amides is 1. The SMILES string of the molecule is Cc1cc2oc3c(c(=O)c2cc1Cl)C(c1cccnc1)N(CCc1ccccc1)C3=O. The Labute approximate surface area is 183 Å². The number of aryl methyl sites for hydroxylation is 1. The first-order chi connectivity index (χ1) is 15.0. The van der Waals surface area contributed by atoms with Crippen LogP contribution in [0.4, 0.5) is 0 Å². The van der Waals surface area contributed by atoms with Gasteiger partial charge in [0.1, 0.15) is 5.58 Å². The molecule has 0 spiro atoms. The van der Waals surface area contributed by atoms with Crippen LogP contribution in [0.15, 0.2) is 76.2 Å². The number of halogens is 1. The van der Waals surface area contributed by atoms with Crippen molar-refractivity contribution in [2.24, 2.45) is 0 Å². The number of nitrogens with zero attached hydrogens (tertiary/aromatic N) is 2. The molecule has 1 aliphatic rings. The molecule has 0 saturated carbocycles. The molecule has 0 saturated heterocycles. The van der Waals surface area contributed by atoms with E-state index in [4.69, 9.17) is 16.0 Å². The number of fused-ring (bicyclic) bond motifs is 2. The Morgan fingerprint density at radius 3 is 2.65 bits per heavy atom. The lowest BCUT2D eigenvalue weighted by Crippen LogP contribution is -2.31. The van der Waals surface area contributed by atoms with Crippen molar-refractivity contribution in [1.29, 1.82) is 0 Å². The van der Waals surface area contributed by atoms with Gasteiger partial charge in [0.15, 0.2) is 5.43 Å². The molecule has 5 rings (SSSR count). The molecule has 0 aliphatic carbocycles. The van der Waals surface area contributed by atoms with Gasteiger partial charge in [-0.2, -0.15) is 0 Å². The van der Waals surface area contributed by atoms with Crippen LogP contribution >= 0.6 is 11.6 Å². The molecule has 1 unspecified atom stereocenters. The second kappa shape index (κ2) is 7.67. The van der Waals surface area contributed by atoms with E-state index in [1.807, 2.05) is 43.3 Å². The summed E-state index contributed by atoms with van der Waals surface area (Å²) >= 11 is 6.27. The Kier molecular flexibility index (Phi) is 4.83. The van der Waals surface area contributed by atoms with Gasteiger partial charge in [-0.05, 0) is 48.2 Å². The van der Waals surface area contributed by atoms with Gasteiger partial charge in [-0.25, -0.2) is 0 Å². The van der Waals surface area contributed by atoms with Crippen LogP contribution in [0.3, 0.4) is 0 Å². The van der Waals surface area contributed by atoms with Crippen LogP contribution in [-0.2, 0) is 6.42 Å². The van der Waals surface area contributed by atoms with Crippen molar-refractivity contribution < 1.29 is 9.21 Å². The number of carbonyl (C=O) groups excluding carboxylic acids is 1. The molecule has 1 amide bonds. The highest BCUT2D eigenvalue weighted by Crippen LogP contribution is 2.38. The van der Waals surface area contributed by atoms with Crippen molar-refractivity contribution in [3.05, 3.63) is 110 Å². The number of hydrogen-bond acceptors (Lipinski definition) is 4. The van der Waals surface area contributed by atoms with Gasteiger partial charge in [0, 0.05) is 24.0 Å². The van der Waals surface area contributed by atoms with Gasteiger partial charge in [-0.15, -0.1) is 0 Å². The van der Waals surface area contributed by atoms with Crippen molar-refractivity contribution >= 4 is 28.5 Å². The van der Waals surface area contributed by atoms with Crippen LogP contribution in [0.5, 0.6) is 0 Å². The summed E-state index contributed by atoms with van der Waals surface area (Å²) in [5, 5.41) is 0.865. The minimum atomic E-state index is -0.555. The van der Waals surface area contributed by atoms with Gasteiger partial charge >= 0.3 is 0 Å². The highest BCUT2D eigenvalue weighted by Gasteiger charge is 2.42. The minimum absolute atomic E-state index is 0.0983. The van der Waals surface area contributed by atoms with Crippen LogP contribution in [0.25, 0.3) is 11.0 Å². The number of hydrogen-bond donors (Lipinski definition) is 0. The molecular weight excluding hydrogens is 412 g/mol. The van der Waals surface area contributed by atoms with Gasteiger partial charge < -0.3 is 9.32 Å². The molecule has 154 valence electrons. The predicted molar refractivity (Wildman–Crippen MR) is 119 cm³/mol. The minimum Gasteiger partial charge on any atom is -0.450 e. The van der Waals surface area contributed by atoms with E-state index in [0.29, 0.717) is 34.5 Å². The van der Waals surface area contributed by atoms with Gasteiger partial charge in [-0.3, -0.25) is 14.6 Å². The molecule has 0 bridgehead atoms. The molecule has 3 heterocycles. The third-order valence-electron chi connectivity index (χ3n) is 5.73. The van der Waals surface area contributed by atoms with E-state index in [9.17, 15) is 9.59 Å². The van der Waals surface area contributed by atoms with Crippen LogP contribution in [0.1, 0.15) is 38.9 Å². The van der Waals surface area contributed by atoms with E-state index in [1.54, 1.807) is 35.5 Å². The number of aromatic nitrogens is 1. The summed E-state index contributed by atoms with van der Waals surface area (Å²) in [6.07, 6.45) is 4.02.